The van der Waals surface area contributed by atoms with Crippen molar-refractivity contribution in [2.24, 2.45) is 0 Å². The lowest BCUT2D eigenvalue weighted by molar-refractivity contribution is -0.125. The van der Waals surface area contributed by atoms with E-state index in [1.807, 2.05) is 24.3 Å². The summed E-state index contributed by atoms with van der Waals surface area (Å²) in [6.07, 6.45) is 8.98. The number of hydrogen-bond acceptors (Lipinski definition) is 4. The number of hydrogen-bond donors (Lipinski definition) is 1. The fourth-order valence-electron chi connectivity index (χ4n) is 3.39. The summed E-state index contributed by atoms with van der Waals surface area (Å²) in [5, 5.41) is 3.44. The Morgan fingerprint density at radius 1 is 1.23 bits per heavy atom. The predicted molar refractivity (Wildman–Crippen MR) is 116 cm³/mol. The van der Waals surface area contributed by atoms with E-state index in [4.69, 9.17) is 16.3 Å². The molecule has 2 aromatic rings. The van der Waals surface area contributed by atoms with Gasteiger partial charge in [-0.2, -0.15) is 0 Å². The monoisotopic (exact) mass is 423 g/mol. The minimum absolute atomic E-state index is 0.00967. The number of carbonyl (C=O) groups is 2. The lowest BCUT2D eigenvalue weighted by Crippen LogP contribution is -2.34. The van der Waals surface area contributed by atoms with Gasteiger partial charge in [0.2, 0.25) is 11.8 Å². The molecule has 0 radical (unpaired) electrons. The molecule has 2 amide bonds. The zero-order valence-corrected chi connectivity index (χ0v) is 17.2. The van der Waals surface area contributed by atoms with Crippen LogP contribution in [0.5, 0.6) is 5.75 Å². The first-order valence-electron chi connectivity index (χ1n) is 9.89. The largest absolute Gasteiger partial charge is 0.489 e. The number of nitrogens with zero attached hydrogens (tertiary/aromatic N) is 2. The molecule has 1 aromatic carbocycles. The lowest BCUT2D eigenvalue weighted by atomic mass is 10.0. The van der Waals surface area contributed by atoms with Gasteiger partial charge in [0.05, 0.1) is 0 Å². The van der Waals surface area contributed by atoms with Gasteiger partial charge < -0.3 is 15.0 Å². The van der Waals surface area contributed by atoms with Gasteiger partial charge in [-0.15, -0.1) is 0 Å². The maximum absolute atomic E-state index is 12.5. The number of nitrogens with one attached hydrogen (secondary N) is 1. The summed E-state index contributed by atoms with van der Waals surface area (Å²) in [6, 6.07) is 9.25. The summed E-state index contributed by atoms with van der Waals surface area (Å²) in [7, 11) is 0. The third-order valence-corrected chi connectivity index (χ3v) is 5.39. The predicted octanol–water partition coefficient (Wildman–Crippen LogP) is 3.87. The Morgan fingerprint density at radius 2 is 2.07 bits per heavy atom. The van der Waals surface area contributed by atoms with E-state index in [1.54, 1.807) is 35.4 Å². The van der Waals surface area contributed by atoms with Crippen molar-refractivity contribution in [3.63, 3.8) is 0 Å². The second-order valence-electron chi connectivity index (χ2n) is 7.30. The number of benzene rings is 1. The first-order valence-corrected chi connectivity index (χ1v) is 10.3. The SMILES string of the molecule is O=C1CCc2cc(C=CC(=O)N3CC=C(COc4ccc(Cl)cc4)CC3)cnc2N1. The molecule has 2 aliphatic rings. The van der Waals surface area contributed by atoms with Crippen LogP contribution in [-0.4, -0.2) is 41.4 Å². The van der Waals surface area contributed by atoms with Gasteiger partial charge in [-0.1, -0.05) is 17.7 Å². The maximum Gasteiger partial charge on any atom is 0.246 e. The summed E-state index contributed by atoms with van der Waals surface area (Å²) in [5.41, 5.74) is 3.03. The van der Waals surface area contributed by atoms with Crippen LogP contribution in [0.25, 0.3) is 6.08 Å². The van der Waals surface area contributed by atoms with Crippen LogP contribution in [0.1, 0.15) is 24.0 Å². The first-order chi connectivity index (χ1) is 14.6. The number of pyridine rings is 1. The van der Waals surface area contributed by atoms with Crippen molar-refractivity contribution < 1.29 is 14.3 Å². The Hall–Kier alpha value is -3.12. The van der Waals surface area contributed by atoms with Gasteiger partial charge in [0.15, 0.2) is 0 Å². The molecule has 4 rings (SSSR count). The molecule has 0 unspecified atom stereocenters. The molecule has 6 nitrogen and oxygen atoms in total. The van der Waals surface area contributed by atoms with E-state index in [1.165, 1.54) is 5.57 Å². The van der Waals surface area contributed by atoms with Crippen molar-refractivity contribution in [1.82, 2.24) is 9.88 Å². The van der Waals surface area contributed by atoms with Gasteiger partial charge in [0.1, 0.15) is 18.2 Å². The van der Waals surface area contributed by atoms with Gasteiger partial charge in [-0.3, -0.25) is 9.59 Å². The second-order valence-corrected chi connectivity index (χ2v) is 7.73. The number of aryl methyl sites for hydroxylation is 1. The van der Waals surface area contributed by atoms with Gasteiger partial charge in [0, 0.05) is 36.8 Å². The third-order valence-electron chi connectivity index (χ3n) is 5.14. The average Bonchev–Trinajstić information content (AvgIpc) is 2.77. The highest BCUT2D eigenvalue weighted by molar-refractivity contribution is 6.30. The van der Waals surface area contributed by atoms with Crippen LogP contribution in [0.15, 0.2) is 54.3 Å². The zero-order chi connectivity index (χ0) is 20.9. The van der Waals surface area contributed by atoms with Crippen LogP contribution < -0.4 is 10.1 Å². The van der Waals surface area contributed by atoms with Crippen LogP contribution >= 0.6 is 11.6 Å². The third kappa shape index (κ3) is 5.07. The number of amides is 2. The molecule has 0 saturated carbocycles. The minimum atomic E-state index is -0.0325. The number of ether oxygens (including phenoxy) is 1. The molecule has 154 valence electrons. The lowest BCUT2D eigenvalue weighted by Gasteiger charge is -2.25. The highest BCUT2D eigenvalue weighted by Crippen LogP contribution is 2.22. The highest BCUT2D eigenvalue weighted by Gasteiger charge is 2.17. The summed E-state index contributed by atoms with van der Waals surface area (Å²) >= 11 is 5.88. The van der Waals surface area contributed by atoms with E-state index in [9.17, 15) is 9.59 Å². The normalized spacial score (nSPS) is 16.1. The molecule has 1 N–H and O–H groups in total. The van der Waals surface area contributed by atoms with Gasteiger partial charge >= 0.3 is 0 Å². The number of halogens is 1. The zero-order valence-electron chi connectivity index (χ0n) is 16.4. The van der Waals surface area contributed by atoms with Gasteiger partial charge in [0.25, 0.3) is 0 Å². The Labute approximate surface area is 180 Å². The highest BCUT2D eigenvalue weighted by atomic mass is 35.5. The fraction of sp³-hybridized carbons (Fsp3) is 0.261. The van der Waals surface area contributed by atoms with E-state index in [0.717, 1.165) is 23.3 Å². The van der Waals surface area contributed by atoms with Crippen LogP contribution in [-0.2, 0) is 16.0 Å². The van der Waals surface area contributed by atoms with E-state index in [0.29, 0.717) is 43.4 Å². The van der Waals surface area contributed by atoms with Crippen molar-refractivity contribution in [2.45, 2.75) is 19.3 Å². The summed E-state index contributed by atoms with van der Waals surface area (Å²) in [6.45, 7) is 1.74. The van der Waals surface area contributed by atoms with E-state index >= 15 is 0 Å². The topological polar surface area (TPSA) is 71.5 Å². The molecule has 1 aromatic heterocycles. The maximum atomic E-state index is 12.5. The summed E-state index contributed by atoms with van der Waals surface area (Å²) in [4.78, 5) is 30.0. The van der Waals surface area contributed by atoms with Crippen LogP contribution in [0.2, 0.25) is 5.02 Å². The molecule has 0 fully saturated rings. The number of anilines is 1. The van der Waals surface area contributed by atoms with Crippen LogP contribution in [0.4, 0.5) is 5.82 Å². The van der Waals surface area contributed by atoms with Crippen molar-refractivity contribution >= 4 is 35.3 Å². The van der Waals surface area contributed by atoms with Crippen LogP contribution in [0.3, 0.4) is 0 Å². The molecular weight excluding hydrogens is 402 g/mol. The smallest absolute Gasteiger partial charge is 0.246 e. The first kappa shape index (κ1) is 20.2. The van der Waals surface area contributed by atoms with Crippen molar-refractivity contribution in [3.05, 3.63) is 70.4 Å². The molecule has 2 aliphatic heterocycles. The number of aromatic nitrogens is 1. The minimum Gasteiger partial charge on any atom is -0.489 e. The Bertz CT molecular complexity index is 1010. The number of carbonyl (C=O) groups excluding carboxylic acids is 2. The fourth-order valence-corrected chi connectivity index (χ4v) is 3.51. The Morgan fingerprint density at radius 3 is 2.83 bits per heavy atom. The molecule has 0 saturated heterocycles. The molecule has 0 spiro atoms. The quantitative estimate of drug-likeness (QED) is 0.585. The van der Waals surface area contributed by atoms with Crippen molar-refractivity contribution in [1.29, 1.82) is 0 Å². The van der Waals surface area contributed by atoms with Gasteiger partial charge in [-0.05, 0) is 65.9 Å². The average molecular weight is 424 g/mol. The van der Waals surface area contributed by atoms with Crippen molar-refractivity contribution in [3.8, 4) is 5.75 Å². The molecule has 3 heterocycles. The van der Waals surface area contributed by atoms with E-state index in [2.05, 4.69) is 10.3 Å². The number of rotatable bonds is 5. The molecule has 0 bridgehead atoms. The molecule has 0 aliphatic carbocycles. The molecule has 30 heavy (non-hydrogen) atoms. The number of fused-ring (bicyclic) bond motifs is 1. The molecular formula is C23H22ClN3O3. The van der Waals surface area contributed by atoms with Crippen LogP contribution in [0, 0.1) is 0 Å². The molecule has 7 heteroatoms. The van der Waals surface area contributed by atoms with E-state index < -0.39 is 0 Å². The van der Waals surface area contributed by atoms with Crippen molar-refractivity contribution in [2.75, 3.05) is 25.0 Å². The Balaban J connectivity index is 1.29. The standard InChI is InChI=1S/C23H22ClN3O3/c24-19-3-5-20(6-4-19)30-15-16-9-11-27(12-10-16)22(29)8-1-17-13-18-2-7-21(28)26-23(18)25-14-17/h1,3-6,8-9,13-14H,2,7,10-12,15H2,(H,25,26,28). The molecule has 0 atom stereocenters. The van der Waals surface area contributed by atoms with E-state index in [-0.39, 0.29) is 11.8 Å². The summed E-state index contributed by atoms with van der Waals surface area (Å²) in [5.74, 6) is 1.35. The second kappa shape index (κ2) is 9.13. The summed E-state index contributed by atoms with van der Waals surface area (Å²) < 4.78 is 5.78. The van der Waals surface area contributed by atoms with Gasteiger partial charge in [-0.25, -0.2) is 4.98 Å². The Kier molecular flexibility index (Phi) is 6.14.